The second-order valence-corrected chi connectivity index (χ2v) is 4.87. The van der Waals surface area contributed by atoms with Gasteiger partial charge in [-0.1, -0.05) is 0 Å². The van der Waals surface area contributed by atoms with Crippen molar-refractivity contribution >= 4 is 0 Å². The van der Waals surface area contributed by atoms with Gasteiger partial charge >= 0.3 is 0 Å². The number of ether oxygens (including phenoxy) is 2. The van der Waals surface area contributed by atoms with Crippen molar-refractivity contribution in [3.05, 3.63) is 29.1 Å². The summed E-state index contributed by atoms with van der Waals surface area (Å²) in [6, 6.07) is 3.18. The topological polar surface area (TPSA) is 30.5 Å². The van der Waals surface area contributed by atoms with Gasteiger partial charge in [0.25, 0.3) is 0 Å². The zero-order valence-electron chi connectivity index (χ0n) is 9.88. The molecule has 2 heterocycles. The molecule has 1 unspecified atom stereocenters. The molecular weight excluding hydrogens is 221 g/mol. The second-order valence-electron chi connectivity index (χ2n) is 4.87. The molecule has 1 aromatic rings. The quantitative estimate of drug-likeness (QED) is 0.813. The lowest BCUT2D eigenvalue weighted by molar-refractivity contribution is -0.0177. The van der Waals surface area contributed by atoms with E-state index in [1.807, 2.05) is 6.92 Å². The summed E-state index contributed by atoms with van der Waals surface area (Å²) in [4.78, 5) is 0. The van der Waals surface area contributed by atoms with Crippen LogP contribution in [0.2, 0.25) is 0 Å². The number of halogens is 1. The van der Waals surface area contributed by atoms with Gasteiger partial charge in [-0.3, -0.25) is 0 Å². The molecule has 1 aromatic carbocycles. The van der Waals surface area contributed by atoms with Gasteiger partial charge in [-0.05, 0) is 38.4 Å². The molecule has 3 nitrogen and oxygen atoms in total. The maximum absolute atomic E-state index is 14.1. The van der Waals surface area contributed by atoms with E-state index in [0.29, 0.717) is 12.2 Å². The highest BCUT2D eigenvalue weighted by atomic mass is 19.1. The van der Waals surface area contributed by atoms with E-state index in [2.05, 4.69) is 5.32 Å². The molecule has 3 rings (SSSR count). The summed E-state index contributed by atoms with van der Waals surface area (Å²) in [5.41, 5.74) is 1.28. The number of fused-ring (bicyclic) bond motifs is 1. The summed E-state index contributed by atoms with van der Waals surface area (Å²) in [6.07, 6.45) is 2.02. The van der Waals surface area contributed by atoms with Crippen molar-refractivity contribution in [3.63, 3.8) is 0 Å². The zero-order valence-corrected chi connectivity index (χ0v) is 9.88. The van der Waals surface area contributed by atoms with Gasteiger partial charge < -0.3 is 14.8 Å². The van der Waals surface area contributed by atoms with E-state index in [0.717, 1.165) is 30.7 Å². The Morgan fingerprint density at radius 1 is 1.41 bits per heavy atom. The zero-order chi connectivity index (χ0) is 11.9. The van der Waals surface area contributed by atoms with E-state index >= 15 is 0 Å². The molecule has 1 saturated heterocycles. The normalized spacial score (nSPS) is 27.6. The van der Waals surface area contributed by atoms with Crippen molar-refractivity contribution in [1.29, 1.82) is 0 Å². The number of hydrogen-bond acceptors (Lipinski definition) is 3. The van der Waals surface area contributed by atoms with Crippen LogP contribution >= 0.6 is 0 Å². The summed E-state index contributed by atoms with van der Waals surface area (Å²) in [5, 5.41) is 3.39. The Morgan fingerprint density at radius 3 is 3.06 bits per heavy atom. The van der Waals surface area contributed by atoms with Gasteiger partial charge in [0.1, 0.15) is 11.6 Å². The van der Waals surface area contributed by atoms with E-state index in [-0.39, 0.29) is 18.1 Å². The van der Waals surface area contributed by atoms with Crippen molar-refractivity contribution < 1.29 is 13.9 Å². The van der Waals surface area contributed by atoms with E-state index in [9.17, 15) is 4.39 Å². The van der Waals surface area contributed by atoms with E-state index in [1.165, 1.54) is 6.07 Å². The maximum atomic E-state index is 14.1. The predicted octanol–water partition coefficient (Wildman–Crippen LogP) is 2.29. The average Bonchev–Trinajstić information content (AvgIpc) is 2.76. The van der Waals surface area contributed by atoms with Crippen LogP contribution in [0.3, 0.4) is 0 Å². The minimum Gasteiger partial charge on any atom is -0.467 e. The van der Waals surface area contributed by atoms with Crippen LogP contribution in [0.25, 0.3) is 0 Å². The first-order valence-electron chi connectivity index (χ1n) is 5.98. The molecule has 0 saturated carbocycles. The third kappa shape index (κ3) is 1.72. The molecule has 1 fully saturated rings. The molecule has 2 aliphatic rings. The molecule has 1 atom stereocenters. The summed E-state index contributed by atoms with van der Waals surface area (Å²) in [5.74, 6) is 0.581. The van der Waals surface area contributed by atoms with Crippen LogP contribution in [0.4, 0.5) is 4.39 Å². The predicted molar refractivity (Wildman–Crippen MR) is 61.3 cm³/mol. The van der Waals surface area contributed by atoms with Crippen molar-refractivity contribution in [2.45, 2.75) is 31.9 Å². The fraction of sp³-hybridized carbons (Fsp3) is 0.538. The second kappa shape index (κ2) is 3.96. The van der Waals surface area contributed by atoms with E-state index < -0.39 is 0 Å². The van der Waals surface area contributed by atoms with E-state index in [4.69, 9.17) is 9.47 Å². The Morgan fingerprint density at radius 2 is 2.29 bits per heavy atom. The van der Waals surface area contributed by atoms with Crippen LogP contribution in [0.5, 0.6) is 5.75 Å². The largest absolute Gasteiger partial charge is 0.467 e. The van der Waals surface area contributed by atoms with Crippen LogP contribution in [0.15, 0.2) is 12.1 Å². The van der Waals surface area contributed by atoms with Gasteiger partial charge in [-0.25, -0.2) is 4.39 Å². The lowest BCUT2D eigenvalue weighted by atomic mass is 9.86. The van der Waals surface area contributed by atoms with Gasteiger partial charge in [-0.2, -0.15) is 0 Å². The minimum absolute atomic E-state index is 0.172. The molecule has 0 amide bonds. The Kier molecular flexibility index (Phi) is 2.56. The standard InChI is InChI=1S/C13H16FNO2/c1-13(5-2-6-15-13)12-9-7-16-8-17-11(9)4-3-10(12)14/h3-4,15H,2,5-8H2,1H3. The highest BCUT2D eigenvalue weighted by molar-refractivity contribution is 5.45. The van der Waals surface area contributed by atoms with Crippen LogP contribution in [-0.4, -0.2) is 13.3 Å². The molecule has 0 spiro atoms. The Bertz CT molecular complexity index is 441. The van der Waals surface area contributed by atoms with Crippen LogP contribution < -0.4 is 10.1 Å². The molecule has 2 aliphatic heterocycles. The van der Waals surface area contributed by atoms with Gasteiger partial charge in [-0.15, -0.1) is 0 Å². The molecule has 0 radical (unpaired) electrons. The first kappa shape index (κ1) is 11.0. The Hall–Kier alpha value is -1.13. The highest BCUT2D eigenvalue weighted by Gasteiger charge is 2.36. The Balaban J connectivity index is 2.14. The molecule has 17 heavy (non-hydrogen) atoms. The molecule has 4 heteroatoms. The minimum atomic E-state index is -0.292. The smallest absolute Gasteiger partial charge is 0.189 e. The molecule has 0 aromatic heterocycles. The van der Waals surface area contributed by atoms with Crippen molar-refractivity contribution in [3.8, 4) is 5.75 Å². The third-order valence-electron chi connectivity index (χ3n) is 3.68. The lowest BCUT2D eigenvalue weighted by Crippen LogP contribution is -2.36. The molecule has 1 N–H and O–H groups in total. The number of hydrogen-bond donors (Lipinski definition) is 1. The van der Waals surface area contributed by atoms with Crippen molar-refractivity contribution in [2.75, 3.05) is 13.3 Å². The molecule has 92 valence electrons. The summed E-state index contributed by atoms with van der Waals surface area (Å²) < 4.78 is 24.8. The van der Waals surface area contributed by atoms with Crippen molar-refractivity contribution in [2.24, 2.45) is 0 Å². The summed E-state index contributed by atoms with van der Waals surface area (Å²) in [6.45, 7) is 3.66. The van der Waals surface area contributed by atoms with Gasteiger partial charge in [0.15, 0.2) is 6.79 Å². The summed E-state index contributed by atoms with van der Waals surface area (Å²) in [7, 11) is 0. The van der Waals surface area contributed by atoms with Gasteiger partial charge in [0, 0.05) is 16.7 Å². The average molecular weight is 237 g/mol. The third-order valence-corrected chi connectivity index (χ3v) is 3.68. The fourth-order valence-electron chi connectivity index (χ4n) is 2.83. The molecule has 0 aliphatic carbocycles. The molecular formula is C13H16FNO2. The van der Waals surface area contributed by atoms with Crippen LogP contribution in [0, 0.1) is 5.82 Å². The van der Waals surface area contributed by atoms with E-state index in [1.54, 1.807) is 6.07 Å². The first-order valence-corrected chi connectivity index (χ1v) is 5.98. The fourth-order valence-corrected chi connectivity index (χ4v) is 2.83. The number of benzene rings is 1. The van der Waals surface area contributed by atoms with Gasteiger partial charge in [0.05, 0.1) is 6.61 Å². The first-order chi connectivity index (χ1) is 8.21. The van der Waals surface area contributed by atoms with Crippen molar-refractivity contribution in [1.82, 2.24) is 5.32 Å². The Labute approximate surface area is 99.9 Å². The summed E-state index contributed by atoms with van der Waals surface area (Å²) >= 11 is 0. The number of nitrogens with one attached hydrogen (secondary N) is 1. The molecule has 0 bridgehead atoms. The SMILES string of the molecule is CC1(c2c(F)ccc3c2COCO3)CCCN1. The van der Waals surface area contributed by atoms with Crippen LogP contribution in [-0.2, 0) is 16.9 Å². The monoisotopic (exact) mass is 237 g/mol. The number of rotatable bonds is 1. The lowest BCUT2D eigenvalue weighted by Gasteiger charge is -2.30. The maximum Gasteiger partial charge on any atom is 0.189 e. The van der Waals surface area contributed by atoms with Gasteiger partial charge in [0.2, 0.25) is 0 Å². The van der Waals surface area contributed by atoms with Crippen LogP contribution in [0.1, 0.15) is 30.9 Å². The highest BCUT2D eigenvalue weighted by Crippen LogP contribution is 2.39.